The summed E-state index contributed by atoms with van der Waals surface area (Å²) in [6, 6.07) is 8.45. The van der Waals surface area contributed by atoms with Crippen molar-refractivity contribution in [2.24, 2.45) is 0 Å². The third-order valence-electron chi connectivity index (χ3n) is 4.93. The average molecular weight is 381 g/mol. The lowest BCUT2D eigenvalue weighted by molar-refractivity contribution is -0.116. The summed E-state index contributed by atoms with van der Waals surface area (Å²) in [6.45, 7) is 3.68. The topological polar surface area (TPSA) is 98.0 Å². The Bertz CT molecular complexity index is 1150. The molecule has 144 valence electrons. The van der Waals surface area contributed by atoms with E-state index in [1.165, 1.54) is 0 Å². The largest absolute Gasteiger partial charge is 0.508 e. The molecule has 0 radical (unpaired) electrons. The molecule has 0 saturated heterocycles. The van der Waals surface area contributed by atoms with Gasteiger partial charge in [-0.15, -0.1) is 0 Å². The van der Waals surface area contributed by atoms with E-state index in [2.05, 4.69) is 5.32 Å². The minimum atomic E-state index is -0.491. The molecule has 0 saturated carbocycles. The normalized spacial score (nSPS) is 12.4. The van der Waals surface area contributed by atoms with E-state index in [1.807, 2.05) is 6.92 Å². The van der Waals surface area contributed by atoms with Gasteiger partial charge in [-0.3, -0.25) is 4.79 Å². The van der Waals surface area contributed by atoms with E-state index in [-0.39, 0.29) is 31.3 Å². The van der Waals surface area contributed by atoms with Crippen molar-refractivity contribution in [2.45, 2.75) is 26.7 Å². The number of phenols is 1. The first-order valence-electron chi connectivity index (χ1n) is 8.88. The summed E-state index contributed by atoms with van der Waals surface area (Å²) in [5.74, 6) is 1.08. The second-order valence-electron chi connectivity index (χ2n) is 6.70. The molecule has 0 unspecified atom stereocenters. The Labute approximate surface area is 160 Å². The number of hydrogen-bond donors (Lipinski definition) is 2. The number of amides is 1. The molecule has 0 atom stereocenters. The number of aromatic hydroxyl groups is 1. The van der Waals surface area contributed by atoms with Crippen LogP contribution in [-0.2, 0) is 11.2 Å². The fraction of sp³-hybridized carbons (Fsp3) is 0.238. The summed E-state index contributed by atoms with van der Waals surface area (Å²) in [7, 11) is 0. The lowest BCUT2D eigenvalue weighted by Crippen LogP contribution is -2.16. The Balaban J connectivity index is 1.51. The molecule has 4 rings (SSSR count). The fourth-order valence-electron chi connectivity index (χ4n) is 3.30. The molecular weight excluding hydrogens is 362 g/mol. The number of phenolic OH excluding ortho intramolecular Hbond substituents is 1. The third-order valence-corrected chi connectivity index (χ3v) is 4.93. The molecule has 2 N–H and O–H groups in total. The molecule has 2 aromatic carbocycles. The highest BCUT2D eigenvalue weighted by Crippen LogP contribution is 2.34. The first-order chi connectivity index (χ1) is 13.4. The van der Waals surface area contributed by atoms with Crippen molar-refractivity contribution in [1.29, 1.82) is 0 Å². The van der Waals surface area contributed by atoms with E-state index in [9.17, 15) is 14.7 Å². The molecule has 1 aliphatic rings. The van der Waals surface area contributed by atoms with Crippen molar-refractivity contribution >= 4 is 22.6 Å². The number of rotatable bonds is 4. The highest BCUT2D eigenvalue weighted by atomic mass is 16.7. The molecule has 1 aliphatic heterocycles. The van der Waals surface area contributed by atoms with Gasteiger partial charge in [0.15, 0.2) is 11.5 Å². The van der Waals surface area contributed by atoms with Gasteiger partial charge in [0.2, 0.25) is 12.7 Å². The van der Waals surface area contributed by atoms with Crippen molar-refractivity contribution in [3.05, 3.63) is 57.4 Å². The Hall–Kier alpha value is -3.48. The van der Waals surface area contributed by atoms with Gasteiger partial charge in [-0.1, -0.05) is 0 Å². The number of carbonyl (C=O) groups is 1. The summed E-state index contributed by atoms with van der Waals surface area (Å²) in [4.78, 5) is 24.7. The van der Waals surface area contributed by atoms with Crippen LogP contribution >= 0.6 is 0 Å². The number of carbonyl (C=O) groups excluding carboxylic acids is 1. The van der Waals surface area contributed by atoms with Crippen LogP contribution < -0.4 is 20.4 Å². The molecule has 1 amide bonds. The predicted molar refractivity (Wildman–Crippen MR) is 103 cm³/mol. The summed E-state index contributed by atoms with van der Waals surface area (Å²) in [6.07, 6.45) is 0.378. The highest BCUT2D eigenvalue weighted by molar-refractivity contribution is 5.91. The summed E-state index contributed by atoms with van der Waals surface area (Å²) in [5.41, 5.74) is 2.21. The molecule has 0 fully saturated rings. The number of anilines is 1. The maximum atomic E-state index is 12.4. The summed E-state index contributed by atoms with van der Waals surface area (Å²) < 4.78 is 15.9. The van der Waals surface area contributed by atoms with Gasteiger partial charge in [-0.25, -0.2) is 4.79 Å². The molecule has 0 spiro atoms. The van der Waals surface area contributed by atoms with E-state index in [0.29, 0.717) is 33.9 Å². The van der Waals surface area contributed by atoms with Crippen LogP contribution in [0.4, 0.5) is 5.69 Å². The molecule has 7 heteroatoms. The number of fused-ring (bicyclic) bond motifs is 2. The Morgan fingerprint density at radius 2 is 1.89 bits per heavy atom. The van der Waals surface area contributed by atoms with Crippen LogP contribution in [0.1, 0.15) is 23.1 Å². The van der Waals surface area contributed by atoms with Crippen LogP contribution in [0.25, 0.3) is 11.0 Å². The first kappa shape index (κ1) is 17.9. The molecule has 2 heterocycles. The van der Waals surface area contributed by atoms with Crippen molar-refractivity contribution in [2.75, 3.05) is 12.1 Å². The van der Waals surface area contributed by atoms with Gasteiger partial charge < -0.3 is 24.3 Å². The maximum absolute atomic E-state index is 12.4. The monoisotopic (exact) mass is 381 g/mol. The van der Waals surface area contributed by atoms with E-state index in [1.54, 1.807) is 37.3 Å². The van der Waals surface area contributed by atoms with Gasteiger partial charge in [0, 0.05) is 34.7 Å². The van der Waals surface area contributed by atoms with Gasteiger partial charge in [-0.05, 0) is 50.1 Å². The molecule has 3 aromatic rings. The van der Waals surface area contributed by atoms with E-state index >= 15 is 0 Å². The molecule has 1 aromatic heterocycles. The van der Waals surface area contributed by atoms with E-state index in [0.717, 1.165) is 10.9 Å². The third kappa shape index (κ3) is 3.15. The molecular formula is C21H19NO6. The standard InChI is InChI=1S/C21H19NO6/c1-11-14-4-6-16(23)12(2)20(14)28-21(25)15(11)5-8-19(24)22-13-3-7-17-18(9-13)27-10-26-17/h3-4,6-7,9,23H,5,8,10H2,1-2H3,(H,22,24). The van der Waals surface area contributed by atoms with Crippen LogP contribution in [0.5, 0.6) is 17.2 Å². The number of ether oxygens (including phenoxy) is 2. The maximum Gasteiger partial charge on any atom is 0.339 e. The quantitative estimate of drug-likeness (QED) is 0.672. The number of aryl methyl sites for hydroxylation is 2. The molecule has 0 bridgehead atoms. The lowest BCUT2D eigenvalue weighted by Gasteiger charge is -2.10. The minimum Gasteiger partial charge on any atom is -0.508 e. The molecule has 7 nitrogen and oxygen atoms in total. The van der Waals surface area contributed by atoms with Crippen LogP contribution in [0.2, 0.25) is 0 Å². The van der Waals surface area contributed by atoms with Crippen molar-refractivity contribution in [3.63, 3.8) is 0 Å². The molecule has 28 heavy (non-hydrogen) atoms. The number of nitrogens with one attached hydrogen (secondary N) is 1. The average Bonchev–Trinajstić information content (AvgIpc) is 3.13. The van der Waals surface area contributed by atoms with Gasteiger partial charge >= 0.3 is 5.63 Å². The summed E-state index contributed by atoms with van der Waals surface area (Å²) >= 11 is 0. The van der Waals surface area contributed by atoms with Crippen molar-refractivity contribution < 1.29 is 23.8 Å². The van der Waals surface area contributed by atoms with Gasteiger partial charge in [0.25, 0.3) is 0 Å². The van der Waals surface area contributed by atoms with Gasteiger partial charge in [0.05, 0.1) is 0 Å². The van der Waals surface area contributed by atoms with Crippen molar-refractivity contribution in [1.82, 2.24) is 0 Å². The predicted octanol–water partition coefficient (Wildman–Crippen LogP) is 3.42. The number of hydrogen-bond acceptors (Lipinski definition) is 6. The van der Waals surface area contributed by atoms with Gasteiger partial charge in [0.1, 0.15) is 11.3 Å². The minimum absolute atomic E-state index is 0.0749. The van der Waals surface area contributed by atoms with Crippen molar-refractivity contribution in [3.8, 4) is 17.2 Å². The second kappa shape index (κ2) is 6.92. The lowest BCUT2D eigenvalue weighted by atomic mass is 10.0. The van der Waals surface area contributed by atoms with Crippen LogP contribution in [0.3, 0.4) is 0 Å². The second-order valence-corrected chi connectivity index (χ2v) is 6.70. The van der Waals surface area contributed by atoms with Gasteiger partial charge in [-0.2, -0.15) is 0 Å². The SMILES string of the molecule is Cc1c(CCC(=O)Nc2ccc3c(c2)OCO3)c(=O)oc2c(C)c(O)ccc12. The van der Waals surface area contributed by atoms with Crippen LogP contribution in [-0.4, -0.2) is 17.8 Å². The van der Waals surface area contributed by atoms with E-state index < -0.39 is 5.63 Å². The zero-order valence-corrected chi connectivity index (χ0v) is 15.5. The van der Waals surface area contributed by atoms with Crippen LogP contribution in [0, 0.1) is 13.8 Å². The smallest absolute Gasteiger partial charge is 0.339 e. The number of benzene rings is 2. The highest BCUT2D eigenvalue weighted by Gasteiger charge is 2.17. The molecule has 0 aliphatic carbocycles. The first-order valence-corrected chi connectivity index (χ1v) is 8.88. The fourth-order valence-corrected chi connectivity index (χ4v) is 3.30. The van der Waals surface area contributed by atoms with Crippen LogP contribution in [0.15, 0.2) is 39.5 Å². The van der Waals surface area contributed by atoms with E-state index in [4.69, 9.17) is 13.9 Å². The Kier molecular flexibility index (Phi) is 4.43. The Morgan fingerprint density at radius 3 is 2.71 bits per heavy atom. The Morgan fingerprint density at radius 1 is 1.11 bits per heavy atom. The zero-order chi connectivity index (χ0) is 19.8. The summed E-state index contributed by atoms with van der Waals surface area (Å²) in [5, 5.41) is 13.4. The zero-order valence-electron chi connectivity index (χ0n) is 15.5.